The molecule has 174 valence electrons. The molecule has 3 N–H and O–H groups in total. The number of fused-ring (bicyclic) bond motifs is 1. The SMILES string of the molecule is Nc1cn2c(n1)OCC(NC(=O)CN1CCC(Oc3ccc(OC(F)(F)F)cc3)CC1)C2. The van der Waals surface area contributed by atoms with Crippen LogP contribution in [0, 0.1) is 0 Å². The number of rotatable bonds is 6. The first-order valence-electron chi connectivity index (χ1n) is 10.2. The van der Waals surface area contributed by atoms with Gasteiger partial charge in [-0.05, 0) is 37.1 Å². The van der Waals surface area contributed by atoms with Gasteiger partial charge in [-0.15, -0.1) is 13.2 Å². The molecule has 0 bridgehead atoms. The summed E-state index contributed by atoms with van der Waals surface area (Å²) in [6, 6.07) is 5.64. The van der Waals surface area contributed by atoms with Gasteiger partial charge in [0.15, 0.2) is 0 Å². The molecule has 1 fully saturated rings. The van der Waals surface area contributed by atoms with E-state index in [2.05, 4.69) is 15.0 Å². The van der Waals surface area contributed by atoms with Crippen molar-refractivity contribution in [2.45, 2.75) is 37.9 Å². The Kier molecular flexibility index (Phi) is 6.31. The van der Waals surface area contributed by atoms with E-state index in [1.165, 1.54) is 24.3 Å². The number of hydrogen-bond donors (Lipinski definition) is 2. The quantitative estimate of drug-likeness (QED) is 0.684. The van der Waals surface area contributed by atoms with Crippen molar-refractivity contribution in [3.63, 3.8) is 0 Å². The van der Waals surface area contributed by atoms with Gasteiger partial charge in [0.25, 0.3) is 6.01 Å². The van der Waals surface area contributed by atoms with E-state index in [1.807, 2.05) is 4.90 Å². The molecule has 9 nitrogen and oxygen atoms in total. The number of piperidine rings is 1. The zero-order chi connectivity index (χ0) is 22.7. The van der Waals surface area contributed by atoms with Crippen LogP contribution in [0.5, 0.6) is 17.5 Å². The fraction of sp³-hybridized carbons (Fsp3) is 0.500. The number of carbonyl (C=O) groups excluding carboxylic acids is 1. The predicted octanol–water partition coefficient (Wildman–Crippen LogP) is 1.78. The molecule has 1 saturated heterocycles. The second kappa shape index (κ2) is 9.15. The number of aromatic nitrogens is 2. The van der Waals surface area contributed by atoms with Crippen LogP contribution in [0.3, 0.4) is 0 Å². The summed E-state index contributed by atoms with van der Waals surface area (Å²) in [5.41, 5.74) is 5.65. The molecule has 3 heterocycles. The van der Waals surface area contributed by atoms with Crippen LogP contribution in [0.1, 0.15) is 12.8 Å². The Labute approximate surface area is 182 Å². The van der Waals surface area contributed by atoms with E-state index in [1.54, 1.807) is 10.8 Å². The van der Waals surface area contributed by atoms with Crippen molar-refractivity contribution in [1.82, 2.24) is 19.8 Å². The number of hydrogen-bond acceptors (Lipinski definition) is 7. The van der Waals surface area contributed by atoms with Crippen molar-refractivity contribution >= 4 is 11.7 Å². The maximum atomic E-state index is 12.4. The molecule has 2 aromatic rings. The van der Waals surface area contributed by atoms with E-state index in [0.29, 0.717) is 56.7 Å². The largest absolute Gasteiger partial charge is 0.573 e. The Morgan fingerprint density at radius 1 is 1.22 bits per heavy atom. The molecule has 32 heavy (non-hydrogen) atoms. The van der Waals surface area contributed by atoms with Gasteiger partial charge < -0.3 is 25.3 Å². The summed E-state index contributed by atoms with van der Waals surface area (Å²) in [5, 5.41) is 2.97. The second-order valence-electron chi connectivity index (χ2n) is 7.79. The van der Waals surface area contributed by atoms with Crippen molar-refractivity contribution in [2.24, 2.45) is 0 Å². The molecule has 1 aromatic carbocycles. The zero-order valence-corrected chi connectivity index (χ0v) is 17.2. The lowest BCUT2D eigenvalue weighted by Gasteiger charge is -2.32. The van der Waals surface area contributed by atoms with Gasteiger partial charge in [0.2, 0.25) is 5.91 Å². The third-order valence-corrected chi connectivity index (χ3v) is 5.22. The number of nitrogen functional groups attached to an aromatic ring is 1. The van der Waals surface area contributed by atoms with Gasteiger partial charge in [-0.2, -0.15) is 4.98 Å². The predicted molar refractivity (Wildman–Crippen MR) is 107 cm³/mol. The number of nitrogens with zero attached hydrogens (tertiary/aromatic N) is 3. The molecule has 2 aliphatic rings. The van der Waals surface area contributed by atoms with Crippen LogP contribution >= 0.6 is 0 Å². The van der Waals surface area contributed by atoms with E-state index < -0.39 is 6.36 Å². The summed E-state index contributed by atoms with van der Waals surface area (Å²) < 4.78 is 53.7. The van der Waals surface area contributed by atoms with Gasteiger partial charge in [0, 0.05) is 13.1 Å². The minimum atomic E-state index is -4.72. The second-order valence-corrected chi connectivity index (χ2v) is 7.79. The molecule has 0 saturated carbocycles. The van der Waals surface area contributed by atoms with Gasteiger partial charge in [0.05, 0.1) is 25.3 Å². The molecule has 0 radical (unpaired) electrons. The number of alkyl halides is 3. The van der Waals surface area contributed by atoms with Crippen LogP contribution in [-0.2, 0) is 11.3 Å². The molecule has 1 aromatic heterocycles. The van der Waals surface area contributed by atoms with E-state index in [0.717, 1.165) is 0 Å². The summed E-state index contributed by atoms with van der Waals surface area (Å²) in [6.45, 7) is 2.51. The number of likely N-dealkylation sites (tertiary alicyclic amines) is 1. The van der Waals surface area contributed by atoms with Gasteiger partial charge in [-0.1, -0.05) is 0 Å². The molecule has 4 rings (SSSR count). The molecular weight excluding hydrogens is 431 g/mol. The smallest absolute Gasteiger partial charge is 0.490 e. The Balaban J connectivity index is 1.17. The monoisotopic (exact) mass is 455 g/mol. The zero-order valence-electron chi connectivity index (χ0n) is 17.2. The fourth-order valence-corrected chi connectivity index (χ4v) is 3.79. The van der Waals surface area contributed by atoms with E-state index in [4.69, 9.17) is 15.2 Å². The Hall–Kier alpha value is -3.15. The number of imidazole rings is 1. The van der Waals surface area contributed by atoms with Gasteiger partial charge in [-0.3, -0.25) is 14.3 Å². The number of carbonyl (C=O) groups is 1. The highest BCUT2D eigenvalue weighted by Crippen LogP contribution is 2.26. The average molecular weight is 455 g/mol. The van der Waals surface area contributed by atoms with Crippen LogP contribution in [0.2, 0.25) is 0 Å². The summed E-state index contributed by atoms with van der Waals surface area (Å²) in [5.74, 6) is 0.478. The highest BCUT2D eigenvalue weighted by molar-refractivity contribution is 5.78. The molecular formula is C20H24F3N5O4. The summed E-state index contributed by atoms with van der Waals surface area (Å²) >= 11 is 0. The maximum Gasteiger partial charge on any atom is 0.573 e. The van der Waals surface area contributed by atoms with E-state index >= 15 is 0 Å². The molecule has 0 aliphatic carbocycles. The third-order valence-electron chi connectivity index (χ3n) is 5.22. The Morgan fingerprint density at radius 3 is 2.59 bits per heavy atom. The number of ether oxygens (including phenoxy) is 3. The molecule has 1 atom stereocenters. The van der Waals surface area contributed by atoms with Crippen LogP contribution in [0.4, 0.5) is 19.0 Å². The number of benzene rings is 1. The standard InChI is InChI=1S/C20H24F3N5O4/c21-20(22,23)32-16-3-1-14(2-4-16)31-15-5-7-27(8-6-15)11-18(29)25-13-9-28-10-17(24)26-19(28)30-12-13/h1-4,10,13,15H,5-9,11-12,24H2,(H,25,29). The Morgan fingerprint density at radius 2 is 1.91 bits per heavy atom. The number of nitrogens with one attached hydrogen (secondary N) is 1. The first-order valence-corrected chi connectivity index (χ1v) is 10.2. The van der Waals surface area contributed by atoms with Crippen LogP contribution in [-0.4, -0.2) is 65.1 Å². The third kappa shape index (κ3) is 5.96. The maximum absolute atomic E-state index is 12.4. The highest BCUT2D eigenvalue weighted by Gasteiger charge is 2.31. The van der Waals surface area contributed by atoms with Gasteiger partial charge in [-0.25, -0.2) is 0 Å². The first kappa shape index (κ1) is 22.1. The average Bonchev–Trinajstić information content (AvgIpc) is 3.09. The van der Waals surface area contributed by atoms with Crippen molar-refractivity contribution in [1.29, 1.82) is 0 Å². The van der Waals surface area contributed by atoms with E-state index in [-0.39, 0.29) is 30.3 Å². The van der Waals surface area contributed by atoms with Crippen LogP contribution in [0.25, 0.3) is 0 Å². The lowest BCUT2D eigenvalue weighted by Crippen LogP contribution is -2.49. The topological polar surface area (TPSA) is 104 Å². The lowest BCUT2D eigenvalue weighted by molar-refractivity contribution is -0.274. The number of amides is 1. The molecule has 0 spiro atoms. The minimum absolute atomic E-state index is 0.0689. The number of anilines is 1. The lowest BCUT2D eigenvalue weighted by atomic mass is 10.1. The fourth-order valence-electron chi connectivity index (χ4n) is 3.79. The highest BCUT2D eigenvalue weighted by atomic mass is 19.4. The van der Waals surface area contributed by atoms with Crippen molar-refractivity contribution in [2.75, 3.05) is 32.0 Å². The minimum Gasteiger partial charge on any atom is -0.490 e. The molecule has 1 unspecified atom stereocenters. The normalized spacial score (nSPS) is 19.7. The summed E-state index contributed by atoms with van der Waals surface area (Å²) in [6.07, 6.45) is -1.70. The van der Waals surface area contributed by atoms with Gasteiger partial charge >= 0.3 is 6.36 Å². The van der Waals surface area contributed by atoms with Crippen LogP contribution < -0.4 is 25.3 Å². The number of nitrogens with two attached hydrogens (primary N) is 1. The Bertz CT molecular complexity index is 926. The molecule has 1 amide bonds. The first-order chi connectivity index (χ1) is 15.2. The number of halogens is 3. The van der Waals surface area contributed by atoms with Crippen molar-refractivity contribution in [3.05, 3.63) is 30.5 Å². The summed E-state index contributed by atoms with van der Waals surface area (Å²) in [4.78, 5) is 18.5. The van der Waals surface area contributed by atoms with Crippen molar-refractivity contribution in [3.8, 4) is 17.5 Å². The van der Waals surface area contributed by atoms with Gasteiger partial charge in [0.1, 0.15) is 30.0 Å². The molecule has 12 heteroatoms. The van der Waals surface area contributed by atoms with Crippen LogP contribution in [0.15, 0.2) is 30.5 Å². The molecule has 2 aliphatic heterocycles. The van der Waals surface area contributed by atoms with E-state index in [9.17, 15) is 18.0 Å². The summed E-state index contributed by atoms with van der Waals surface area (Å²) in [7, 11) is 0. The van der Waals surface area contributed by atoms with Crippen molar-refractivity contribution < 1.29 is 32.2 Å².